The highest BCUT2D eigenvalue weighted by Gasteiger charge is 2.34. The molecule has 1 N–H and O–H groups in total. The third kappa shape index (κ3) is 2.40. The van der Waals surface area contributed by atoms with Gasteiger partial charge in [0.2, 0.25) is 5.91 Å². The number of hydrogen-bond acceptors (Lipinski definition) is 2. The lowest BCUT2D eigenvalue weighted by atomic mass is 9.94. The summed E-state index contributed by atoms with van der Waals surface area (Å²) in [5.74, 6) is 1.59. The van der Waals surface area contributed by atoms with E-state index in [9.17, 15) is 4.79 Å². The molecular weight excluding hydrogens is 200 g/mol. The summed E-state index contributed by atoms with van der Waals surface area (Å²) in [5, 5.41) is 3.35. The molecule has 3 unspecified atom stereocenters. The molecule has 3 heteroatoms. The summed E-state index contributed by atoms with van der Waals surface area (Å²) in [6.45, 7) is 7.38. The maximum atomic E-state index is 12.3. The Balaban J connectivity index is 1.93. The molecular formula is C13H24N2O. The number of rotatable bonds is 2. The van der Waals surface area contributed by atoms with Crippen LogP contribution in [-0.4, -0.2) is 36.5 Å². The zero-order valence-electron chi connectivity index (χ0n) is 10.5. The summed E-state index contributed by atoms with van der Waals surface area (Å²) in [6, 6.07) is 0.0932. The molecule has 2 aliphatic rings. The van der Waals surface area contributed by atoms with Crippen LogP contribution in [0.4, 0.5) is 0 Å². The van der Waals surface area contributed by atoms with Crippen LogP contribution in [0.5, 0.6) is 0 Å². The Labute approximate surface area is 98.6 Å². The predicted molar refractivity (Wildman–Crippen MR) is 65.2 cm³/mol. The number of piperidine rings is 1. The quantitative estimate of drug-likeness (QED) is 0.773. The van der Waals surface area contributed by atoms with Crippen molar-refractivity contribution in [3.63, 3.8) is 0 Å². The average molecular weight is 224 g/mol. The van der Waals surface area contributed by atoms with E-state index in [2.05, 4.69) is 24.1 Å². The summed E-state index contributed by atoms with van der Waals surface area (Å²) >= 11 is 0. The molecule has 2 saturated heterocycles. The molecule has 3 nitrogen and oxygen atoms in total. The summed E-state index contributed by atoms with van der Waals surface area (Å²) in [6.07, 6.45) is 4.83. The number of amides is 1. The van der Waals surface area contributed by atoms with Crippen molar-refractivity contribution >= 4 is 5.91 Å². The fraction of sp³-hybridized carbons (Fsp3) is 0.923. The molecule has 0 spiro atoms. The van der Waals surface area contributed by atoms with Crippen molar-refractivity contribution in [2.45, 2.75) is 45.6 Å². The first kappa shape index (κ1) is 11.9. The number of nitrogens with zero attached hydrogens (tertiary/aromatic N) is 1. The molecule has 0 bridgehead atoms. The predicted octanol–water partition coefficient (Wildman–Crippen LogP) is 1.63. The van der Waals surface area contributed by atoms with Crippen molar-refractivity contribution in [2.75, 3.05) is 19.6 Å². The van der Waals surface area contributed by atoms with Gasteiger partial charge < -0.3 is 10.2 Å². The molecule has 2 fully saturated rings. The highest BCUT2D eigenvalue weighted by atomic mass is 16.2. The molecule has 0 aromatic heterocycles. The van der Waals surface area contributed by atoms with E-state index in [1.165, 1.54) is 19.3 Å². The zero-order chi connectivity index (χ0) is 11.5. The first-order chi connectivity index (χ1) is 7.72. The molecule has 0 aromatic carbocycles. The van der Waals surface area contributed by atoms with Crippen molar-refractivity contribution < 1.29 is 4.79 Å². The Morgan fingerprint density at radius 3 is 2.88 bits per heavy atom. The monoisotopic (exact) mass is 224 g/mol. The fourth-order valence-electron chi connectivity index (χ4n) is 2.96. The van der Waals surface area contributed by atoms with Crippen molar-refractivity contribution in [3.8, 4) is 0 Å². The van der Waals surface area contributed by atoms with Gasteiger partial charge in [0.05, 0.1) is 6.04 Å². The SMILES string of the molecule is CCC1CCCN(C(=O)C2NCCC2C)C1. The van der Waals surface area contributed by atoms with Gasteiger partial charge in [-0.3, -0.25) is 4.79 Å². The van der Waals surface area contributed by atoms with Crippen molar-refractivity contribution in [3.05, 3.63) is 0 Å². The van der Waals surface area contributed by atoms with Gasteiger partial charge in [-0.15, -0.1) is 0 Å². The van der Waals surface area contributed by atoms with E-state index in [1.54, 1.807) is 0 Å². The number of carbonyl (C=O) groups is 1. The van der Waals surface area contributed by atoms with Gasteiger partial charge in [-0.25, -0.2) is 0 Å². The van der Waals surface area contributed by atoms with E-state index in [-0.39, 0.29) is 6.04 Å². The van der Waals surface area contributed by atoms with Crippen LogP contribution >= 0.6 is 0 Å². The van der Waals surface area contributed by atoms with Gasteiger partial charge in [-0.05, 0) is 37.6 Å². The fourth-order valence-corrected chi connectivity index (χ4v) is 2.96. The highest BCUT2D eigenvalue weighted by Crippen LogP contribution is 2.22. The van der Waals surface area contributed by atoms with Gasteiger partial charge in [0.1, 0.15) is 0 Å². The van der Waals surface area contributed by atoms with Gasteiger partial charge >= 0.3 is 0 Å². The largest absolute Gasteiger partial charge is 0.341 e. The normalized spacial score (nSPS) is 35.4. The Morgan fingerprint density at radius 1 is 1.44 bits per heavy atom. The number of hydrogen-bond donors (Lipinski definition) is 1. The topological polar surface area (TPSA) is 32.3 Å². The second-order valence-corrected chi connectivity index (χ2v) is 5.40. The Bertz CT molecular complexity index is 254. The minimum absolute atomic E-state index is 0.0932. The molecule has 2 rings (SSSR count). The molecule has 0 aliphatic carbocycles. The Morgan fingerprint density at radius 2 is 2.25 bits per heavy atom. The Hall–Kier alpha value is -0.570. The van der Waals surface area contributed by atoms with Gasteiger partial charge in [0.15, 0.2) is 0 Å². The van der Waals surface area contributed by atoms with E-state index >= 15 is 0 Å². The van der Waals surface area contributed by atoms with Crippen LogP contribution < -0.4 is 5.32 Å². The van der Waals surface area contributed by atoms with Crippen LogP contribution in [0, 0.1) is 11.8 Å². The molecule has 2 heterocycles. The molecule has 0 radical (unpaired) electrons. The smallest absolute Gasteiger partial charge is 0.239 e. The summed E-state index contributed by atoms with van der Waals surface area (Å²) in [4.78, 5) is 14.4. The standard InChI is InChI=1S/C13H24N2O/c1-3-11-5-4-8-15(9-11)13(16)12-10(2)6-7-14-12/h10-12,14H,3-9H2,1-2H3. The second-order valence-electron chi connectivity index (χ2n) is 5.40. The lowest BCUT2D eigenvalue weighted by molar-refractivity contribution is -0.135. The highest BCUT2D eigenvalue weighted by molar-refractivity contribution is 5.82. The van der Waals surface area contributed by atoms with Crippen LogP contribution in [0.25, 0.3) is 0 Å². The molecule has 2 aliphatic heterocycles. The lowest BCUT2D eigenvalue weighted by Crippen LogP contribution is -2.49. The molecule has 0 aromatic rings. The maximum absolute atomic E-state index is 12.3. The second kappa shape index (κ2) is 5.17. The molecule has 1 amide bonds. The minimum atomic E-state index is 0.0932. The van der Waals surface area contributed by atoms with Crippen LogP contribution in [0.1, 0.15) is 39.5 Å². The van der Waals surface area contributed by atoms with E-state index in [0.29, 0.717) is 11.8 Å². The van der Waals surface area contributed by atoms with Crippen molar-refractivity contribution in [2.24, 2.45) is 11.8 Å². The van der Waals surface area contributed by atoms with Crippen molar-refractivity contribution in [1.82, 2.24) is 10.2 Å². The first-order valence-corrected chi connectivity index (χ1v) is 6.74. The van der Waals surface area contributed by atoms with Crippen LogP contribution in [-0.2, 0) is 4.79 Å². The van der Waals surface area contributed by atoms with Gasteiger partial charge in [0.25, 0.3) is 0 Å². The zero-order valence-corrected chi connectivity index (χ0v) is 10.5. The maximum Gasteiger partial charge on any atom is 0.239 e. The lowest BCUT2D eigenvalue weighted by Gasteiger charge is -2.34. The van der Waals surface area contributed by atoms with E-state index in [4.69, 9.17) is 0 Å². The molecule has 0 saturated carbocycles. The Kier molecular flexibility index (Phi) is 3.85. The molecule has 3 atom stereocenters. The van der Waals surface area contributed by atoms with Gasteiger partial charge in [-0.1, -0.05) is 20.3 Å². The number of carbonyl (C=O) groups excluding carboxylic acids is 1. The number of likely N-dealkylation sites (tertiary alicyclic amines) is 1. The number of nitrogens with one attached hydrogen (secondary N) is 1. The first-order valence-electron chi connectivity index (χ1n) is 6.74. The third-order valence-electron chi connectivity index (χ3n) is 4.21. The van der Waals surface area contributed by atoms with Crippen LogP contribution in [0.3, 0.4) is 0 Å². The molecule has 16 heavy (non-hydrogen) atoms. The van der Waals surface area contributed by atoms with E-state index in [0.717, 1.165) is 32.0 Å². The summed E-state index contributed by atoms with van der Waals surface area (Å²) in [5.41, 5.74) is 0. The third-order valence-corrected chi connectivity index (χ3v) is 4.21. The average Bonchev–Trinajstić information content (AvgIpc) is 2.74. The van der Waals surface area contributed by atoms with Gasteiger partial charge in [-0.2, -0.15) is 0 Å². The minimum Gasteiger partial charge on any atom is -0.341 e. The van der Waals surface area contributed by atoms with Crippen LogP contribution in [0.15, 0.2) is 0 Å². The van der Waals surface area contributed by atoms with Crippen molar-refractivity contribution in [1.29, 1.82) is 0 Å². The van der Waals surface area contributed by atoms with Gasteiger partial charge in [0, 0.05) is 13.1 Å². The van der Waals surface area contributed by atoms with E-state index in [1.807, 2.05) is 0 Å². The summed E-state index contributed by atoms with van der Waals surface area (Å²) < 4.78 is 0. The summed E-state index contributed by atoms with van der Waals surface area (Å²) in [7, 11) is 0. The van der Waals surface area contributed by atoms with E-state index < -0.39 is 0 Å². The van der Waals surface area contributed by atoms with Crippen LogP contribution in [0.2, 0.25) is 0 Å². The molecule has 92 valence electrons.